The number of nitriles is 2. The molecule has 10 nitrogen and oxygen atoms in total. The Morgan fingerprint density at radius 1 is 1.02 bits per heavy atom. The smallest absolute Gasteiger partial charge is 0.335 e. The molecule has 4 heterocycles. The number of hydrogen-bond acceptors (Lipinski definition) is 8. The van der Waals surface area contributed by atoms with Gasteiger partial charge in [-0.1, -0.05) is 12.1 Å². The third kappa shape index (κ3) is 4.87. The summed E-state index contributed by atoms with van der Waals surface area (Å²) in [4.78, 5) is 25.7. The Kier molecular flexibility index (Phi) is 6.21. The number of pyridine rings is 1. The minimum Gasteiger partial charge on any atom is -0.478 e. The van der Waals surface area contributed by atoms with Crippen LogP contribution in [0.5, 0.6) is 5.88 Å². The highest BCUT2D eigenvalue weighted by molar-refractivity contribution is 5.93. The van der Waals surface area contributed by atoms with Crippen molar-refractivity contribution in [3.8, 4) is 18.0 Å². The van der Waals surface area contributed by atoms with Crippen LogP contribution in [0.3, 0.4) is 0 Å². The summed E-state index contributed by atoms with van der Waals surface area (Å²) in [7, 11) is 0. The van der Waals surface area contributed by atoms with Gasteiger partial charge in [0.2, 0.25) is 11.8 Å². The lowest BCUT2D eigenvalue weighted by Gasteiger charge is -2.60. The lowest BCUT2D eigenvalue weighted by molar-refractivity contribution is 0.0697. The number of carboxylic acid groups (broad SMARTS) is 1. The first-order valence-electron chi connectivity index (χ1n) is 14.2. The number of halogens is 1. The Hall–Kier alpha value is -5.16. The highest BCUT2D eigenvalue weighted by Gasteiger charge is 2.53. The molecule has 1 spiro atoms. The van der Waals surface area contributed by atoms with Crippen molar-refractivity contribution in [2.75, 3.05) is 36.0 Å². The molecule has 1 N–H and O–H groups in total. The zero-order valence-electron chi connectivity index (χ0n) is 23.3. The van der Waals surface area contributed by atoms with E-state index in [0.717, 1.165) is 61.8 Å². The molecule has 216 valence electrons. The SMILES string of the molecule is N#CCC1(Cn2c(N3CC4(CN(c5cccc(OCc6ccc(C#N)cc6F)n5)C4)C3)nc3ccc(C(=O)O)cc32)CC1. The number of ether oxygens (including phenoxy) is 1. The van der Waals surface area contributed by atoms with Gasteiger partial charge in [0.1, 0.15) is 18.2 Å². The fraction of sp³-hybridized carbons (Fsp3) is 0.344. The minimum absolute atomic E-state index is 0.0114. The number of carbonyl (C=O) groups is 1. The van der Waals surface area contributed by atoms with E-state index in [-0.39, 0.29) is 28.6 Å². The largest absolute Gasteiger partial charge is 0.478 e. The van der Waals surface area contributed by atoms with Gasteiger partial charge in [0.15, 0.2) is 0 Å². The maximum absolute atomic E-state index is 14.2. The van der Waals surface area contributed by atoms with Gasteiger partial charge in [-0.3, -0.25) is 0 Å². The average Bonchev–Trinajstić information content (AvgIpc) is 3.63. The van der Waals surface area contributed by atoms with E-state index in [2.05, 4.69) is 25.4 Å². The summed E-state index contributed by atoms with van der Waals surface area (Å²) in [5.74, 6) is 0.564. The molecule has 2 aromatic heterocycles. The van der Waals surface area contributed by atoms with E-state index in [1.54, 1.807) is 36.4 Å². The lowest BCUT2D eigenvalue weighted by Crippen LogP contribution is -2.73. The fourth-order valence-corrected chi connectivity index (χ4v) is 6.29. The summed E-state index contributed by atoms with van der Waals surface area (Å²) in [6.45, 7) is 3.94. The first-order valence-corrected chi connectivity index (χ1v) is 14.2. The maximum Gasteiger partial charge on any atom is 0.335 e. The van der Waals surface area contributed by atoms with Gasteiger partial charge in [-0.05, 0) is 49.2 Å². The second kappa shape index (κ2) is 9.99. The molecule has 3 fully saturated rings. The molecule has 2 aromatic carbocycles. The Morgan fingerprint density at radius 2 is 1.81 bits per heavy atom. The van der Waals surface area contributed by atoms with Crippen molar-refractivity contribution in [2.24, 2.45) is 10.8 Å². The molecule has 0 unspecified atom stereocenters. The van der Waals surface area contributed by atoms with Crippen LogP contribution in [-0.4, -0.2) is 51.8 Å². The second-order valence-corrected chi connectivity index (χ2v) is 12.1. The van der Waals surface area contributed by atoms with E-state index in [0.29, 0.717) is 24.4 Å². The van der Waals surface area contributed by atoms with Crippen LogP contribution >= 0.6 is 0 Å². The highest BCUT2D eigenvalue weighted by atomic mass is 19.1. The number of hydrogen-bond donors (Lipinski definition) is 1. The van der Waals surface area contributed by atoms with Crippen LogP contribution < -0.4 is 14.5 Å². The van der Waals surface area contributed by atoms with Crippen molar-refractivity contribution < 1.29 is 19.0 Å². The van der Waals surface area contributed by atoms with E-state index in [1.807, 2.05) is 18.2 Å². The van der Waals surface area contributed by atoms with E-state index in [1.165, 1.54) is 6.07 Å². The number of aromatic carboxylic acids is 1. The minimum atomic E-state index is -0.976. The Morgan fingerprint density at radius 3 is 2.51 bits per heavy atom. The predicted molar refractivity (Wildman–Crippen MR) is 155 cm³/mol. The summed E-state index contributed by atoms with van der Waals surface area (Å²) in [5.41, 5.74) is 2.41. The van der Waals surface area contributed by atoms with E-state index >= 15 is 0 Å². The molecule has 11 heteroatoms. The van der Waals surface area contributed by atoms with Crippen molar-refractivity contribution in [2.45, 2.75) is 32.4 Å². The van der Waals surface area contributed by atoms with Crippen molar-refractivity contribution >= 4 is 28.8 Å². The monoisotopic (exact) mass is 577 g/mol. The number of nitrogens with zero attached hydrogens (tertiary/aromatic N) is 7. The first-order chi connectivity index (χ1) is 20.8. The topological polar surface area (TPSA) is 131 Å². The van der Waals surface area contributed by atoms with Crippen LogP contribution in [0, 0.1) is 39.3 Å². The van der Waals surface area contributed by atoms with Crippen LogP contribution in [0.4, 0.5) is 16.2 Å². The Labute approximate surface area is 247 Å². The number of benzene rings is 2. The van der Waals surface area contributed by atoms with Gasteiger partial charge in [-0.2, -0.15) is 15.5 Å². The first kappa shape index (κ1) is 26.7. The molecule has 2 aliphatic heterocycles. The van der Waals surface area contributed by atoms with E-state index in [9.17, 15) is 19.6 Å². The van der Waals surface area contributed by atoms with Gasteiger partial charge in [-0.25, -0.2) is 14.2 Å². The van der Waals surface area contributed by atoms with Gasteiger partial charge in [0, 0.05) is 61.6 Å². The number of imidazole rings is 1. The molecule has 4 aromatic rings. The molecule has 0 radical (unpaired) electrons. The molecule has 3 aliphatic rings. The van der Waals surface area contributed by atoms with E-state index < -0.39 is 11.8 Å². The molecule has 1 saturated carbocycles. The molecule has 0 amide bonds. The van der Waals surface area contributed by atoms with Crippen LogP contribution in [-0.2, 0) is 13.2 Å². The van der Waals surface area contributed by atoms with Crippen molar-refractivity contribution in [3.63, 3.8) is 0 Å². The summed E-state index contributed by atoms with van der Waals surface area (Å²) < 4.78 is 22.1. The van der Waals surface area contributed by atoms with Gasteiger partial charge < -0.3 is 24.2 Å². The normalized spacial score (nSPS) is 17.6. The van der Waals surface area contributed by atoms with Gasteiger partial charge in [0.05, 0.1) is 34.3 Å². The van der Waals surface area contributed by atoms with Crippen molar-refractivity contribution in [3.05, 3.63) is 77.1 Å². The van der Waals surface area contributed by atoms with Gasteiger partial charge in [-0.15, -0.1) is 0 Å². The maximum atomic E-state index is 14.2. The highest BCUT2D eigenvalue weighted by Crippen LogP contribution is 2.52. The Balaban J connectivity index is 1.03. The molecule has 0 bridgehead atoms. The molecule has 7 rings (SSSR count). The van der Waals surface area contributed by atoms with Crippen LogP contribution in [0.1, 0.15) is 40.7 Å². The molecular weight excluding hydrogens is 549 g/mol. The molecule has 2 saturated heterocycles. The third-order valence-electron chi connectivity index (χ3n) is 8.86. The summed E-state index contributed by atoms with van der Waals surface area (Å²) in [6, 6.07) is 19.1. The quantitative estimate of drug-likeness (QED) is 0.300. The van der Waals surface area contributed by atoms with Crippen molar-refractivity contribution in [1.29, 1.82) is 10.5 Å². The molecule has 1 aliphatic carbocycles. The van der Waals surface area contributed by atoms with Crippen molar-refractivity contribution in [1.82, 2.24) is 14.5 Å². The van der Waals surface area contributed by atoms with Gasteiger partial charge in [0.25, 0.3) is 0 Å². The third-order valence-corrected chi connectivity index (χ3v) is 8.86. The number of aromatic nitrogens is 3. The number of carboxylic acids is 1. The van der Waals surface area contributed by atoms with Crippen LogP contribution in [0.25, 0.3) is 11.0 Å². The average molecular weight is 578 g/mol. The summed E-state index contributed by atoms with van der Waals surface area (Å²) in [5, 5.41) is 27.9. The number of rotatable bonds is 9. The molecular formula is C32H28FN7O3. The van der Waals surface area contributed by atoms with Crippen LogP contribution in [0.2, 0.25) is 0 Å². The lowest BCUT2D eigenvalue weighted by atomic mass is 9.73. The Bertz CT molecular complexity index is 1840. The zero-order valence-corrected chi connectivity index (χ0v) is 23.3. The summed E-state index contributed by atoms with van der Waals surface area (Å²) in [6.07, 6.45) is 2.44. The molecule has 43 heavy (non-hydrogen) atoms. The fourth-order valence-electron chi connectivity index (χ4n) is 6.29. The molecule has 0 atom stereocenters. The summed E-state index contributed by atoms with van der Waals surface area (Å²) >= 11 is 0. The predicted octanol–water partition coefficient (Wildman–Crippen LogP) is 4.74. The van der Waals surface area contributed by atoms with Gasteiger partial charge >= 0.3 is 5.97 Å². The van der Waals surface area contributed by atoms with E-state index in [4.69, 9.17) is 15.0 Å². The second-order valence-electron chi connectivity index (χ2n) is 12.1. The number of fused-ring (bicyclic) bond motifs is 1. The standard InChI is InChI=1S/C32H28FN7O3/c33-24-12-21(14-35)4-5-23(24)15-43-28-3-1-2-27(37-28)38-16-32(17-38)18-39(19-32)30-36-25-7-6-22(29(41)42)13-26(25)40(30)20-31(8-9-31)10-11-34/h1-7,12-13H,8-10,15-20H2,(H,41,42). The zero-order chi connectivity index (χ0) is 29.8. The number of anilines is 2. The van der Waals surface area contributed by atoms with Crippen LogP contribution in [0.15, 0.2) is 54.6 Å².